The molecule has 8 nitrogen and oxygen atoms in total. The van der Waals surface area contributed by atoms with Crippen molar-refractivity contribution in [2.45, 2.75) is 33.2 Å². The molecule has 29 heavy (non-hydrogen) atoms. The zero-order chi connectivity index (χ0) is 21.6. The lowest BCUT2D eigenvalue weighted by Crippen LogP contribution is -2.45. The highest BCUT2D eigenvalue weighted by Crippen LogP contribution is 2.19. The third-order valence-electron chi connectivity index (χ3n) is 4.56. The van der Waals surface area contributed by atoms with E-state index in [2.05, 4.69) is 5.32 Å². The van der Waals surface area contributed by atoms with E-state index in [4.69, 9.17) is 4.74 Å². The number of carbonyl (C=O) groups excluding carboxylic acids is 3. The van der Waals surface area contributed by atoms with Gasteiger partial charge in [0, 0.05) is 18.2 Å². The standard InChI is InChI=1S/C20H28N2O6S/c1-14(2)11-22(17-7-8-29(26,27)13-17)18(23)12-28-19(24)10-21-20(25)16-6-4-5-15(3)9-16/h4-6,9,14,17H,7-8,10-13H2,1-3H3,(H,21,25)/t17-/m1/s1. The lowest BCUT2D eigenvalue weighted by atomic mass is 10.1. The summed E-state index contributed by atoms with van der Waals surface area (Å²) in [5, 5.41) is 2.46. The van der Waals surface area contributed by atoms with Crippen molar-refractivity contribution in [2.75, 3.05) is 31.2 Å². The molecule has 0 aromatic heterocycles. The summed E-state index contributed by atoms with van der Waals surface area (Å²) in [5.41, 5.74) is 1.35. The Balaban J connectivity index is 1.85. The second-order valence-electron chi connectivity index (χ2n) is 7.71. The highest BCUT2D eigenvalue weighted by Gasteiger charge is 2.35. The molecule has 160 valence electrons. The molecular formula is C20H28N2O6S. The van der Waals surface area contributed by atoms with Crippen LogP contribution in [0.4, 0.5) is 0 Å². The number of aryl methyl sites for hydroxylation is 1. The van der Waals surface area contributed by atoms with Crippen molar-refractivity contribution in [3.63, 3.8) is 0 Å². The molecule has 0 radical (unpaired) electrons. The number of hydrogen-bond acceptors (Lipinski definition) is 6. The van der Waals surface area contributed by atoms with E-state index < -0.39 is 40.3 Å². The number of ether oxygens (including phenoxy) is 1. The minimum absolute atomic E-state index is 0.0598. The average molecular weight is 425 g/mol. The minimum atomic E-state index is -3.14. The number of amides is 2. The van der Waals surface area contributed by atoms with Crippen LogP contribution in [0.2, 0.25) is 0 Å². The number of nitrogens with one attached hydrogen (secondary N) is 1. The van der Waals surface area contributed by atoms with Crippen LogP contribution in [0.25, 0.3) is 0 Å². The predicted molar refractivity (Wildman–Crippen MR) is 108 cm³/mol. The lowest BCUT2D eigenvalue weighted by molar-refractivity contribution is -0.152. The van der Waals surface area contributed by atoms with E-state index in [-0.39, 0.29) is 24.0 Å². The largest absolute Gasteiger partial charge is 0.454 e. The Morgan fingerprint density at radius 3 is 2.59 bits per heavy atom. The normalized spacial score (nSPS) is 17.7. The summed E-state index contributed by atoms with van der Waals surface area (Å²) < 4.78 is 28.5. The fourth-order valence-corrected chi connectivity index (χ4v) is 4.92. The number of sulfone groups is 1. The monoisotopic (exact) mass is 424 g/mol. The summed E-state index contributed by atoms with van der Waals surface area (Å²) in [4.78, 5) is 38.0. The van der Waals surface area contributed by atoms with Crippen LogP contribution in [-0.2, 0) is 24.2 Å². The predicted octanol–water partition coefficient (Wildman–Crippen LogP) is 0.940. The molecule has 1 aliphatic heterocycles. The van der Waals surface area contributed by atoms with Gasteiger partial charge in [-0.2, -0.15) is 0 Å². The van der Waals surface area contributed by atoms with E-state index in [0.29, 0.717) is 18.5 Å². The van der Waals surface area contributed by atoms with Crippen LogP contribution in [0.1, 0.15) is 36.2 Å². The Morgan fingerprint density at radius 1 is 1.28 bits per heavy atom. The quantitative estimate of drug-likeness (QED) is 0.622. The number of hydrogen-bond donors (Lipinski definition) is 1. The SMILES string of the molecule is Cc1cccc(C(=O)NCC(=O)OCC(=O)N(CC(C)C)[C@@H]2CCS(=O)(=O)C2)c1. The van der Waals surface area contributed by atoms with Crippen LogP contribution in [0.5, 0.6) is 0 Å². The number of esters is 1. The molecule has 0 spiro atoms. The molecule has 0 unspecified atom stereocenters. The van der Waals surface area contributed by atoms with Crippen LogP contribution >= 0.6 is 0 Å². The fraction of sp³-hybridized carbons (Fsp3) is 0.550. The van der Waals surface area contributed by atoms with Crippen molar-refractivity contribution < 1.29 is 27.5 Å². The van der Waals surface area contributed by atoms with Crippen LogP contribution in [-0.4, -0.2) is 68.3 Å². The lowest BCUT2D eigenvalue weighted by Gasteiger charge is -2.29. The van der Waals surface area contributed by atoms with E-state index in [1.807, 2.05) is 26.8 Å². The van der Waals surface area contributed by atoms with Gasteiger partial charge < -0.3 is 15.0 Å². The van der Waals surface area contributed by atoms with E-state index in [1.165, 1.54) is 4.90 Å². The van der Waals surface area contributed by atoms with Crippen molar-refractivity contribution in [1.29, 1.82) is 0 Å². The third kappa shape index (κ3) is 7.16. The van der Waals surface area contributed by atoms with E-state index >= 15 is 0 Å². The first-order valence-corrected chi connectivity index (χ1v) is 11.4. The summed E-state index contributed by atoms with van der Waals surface area (Å²) in [7, 11) is -3.14. The van der Waals surface area contributed by atoms with Gasteiger partial charge in [0.25, 0.3) is 11.8 Å². The Morgan fingerprint density at radius 2 is 2.00 bits per heavy atom. The molecule has 1 fully saturated rings. The molecule has 1 aromatic rings. The molecule has 1 aromatic carbocycles. The van der Waals surface area contributed by atoms with E-state index in [9.17, 15) is 22.8 Å². The van der Waals surface area contributed by atoms with Gasteiger partial charge in [0.2, 0.25) is 0 Å². The number of benzene rings is 1. The van der Waals surface area contributed by atoms with Crippen LogP contribution in [0.15, 0.2) is 24.3 Å². The maximum Gasteiger partial charge on any atom is 0.325 e. The smallest absolute Gasteiger partial charge is 0.325 e. The molecule has 2 rings (SSSR count). The second-order valence-corrected chi connectivity index (χ2v) is 9.94. The van der Waals surface area contributed by atoms with Crippen molar-refractivity contribution >= 4 is 27.6 Å². The zero-order valence-electron chi connectivity index (χ0n) is 17.0. The van der Waals surface area contributed by atoms with Gasteiger partial charge in [-0.05, 0) is 31.4 Å². The van der Waals surface area contributed by atoms with Gasteiger partial charge in [0.1, 0.15) is 6.54 Å². The first-order chi connectivity index (χ1) is 13.6. The molecule has 0 bridgehead atoms. The van der Waals surface area contributed by atoms with Crippen molar-refractivity contribution in [1.82, 2.24) is 10.2 Å². The third-order valence-corrected chi connectivity index (χ3v) is 6.31. The first kappa shape index (κ1) is 22.9. The molecular weight excluding hydrogens is 396 g/mol. The first-order valence-electron chi connectivity index (χ1n) is 9.58. The van der Waals surface area contributed by atoms with Crippen LogP contribution in [0, 0.1) is 12.8 Å². The Hall–Kier alpha value is -2.42. The Bertz CT molecular complexity index is 865. The molecule has 0 aliphatic carbocycles. The summed E-state index contributed by atoms with van der Waals surface area (Å²) in [5.74, 6) is -1.43. The van der Waals surface area contributed by atoms with Crippen molar-refractivity contribution in [3.8, 4) is 0 Å². The number of rotatable bonds is 8. The summed E-state index contributed by atoms with van der Waals surface area (Å²) >= 11 is 0. The highest BCUT2D eigenvalue weighted by molar-refractivity contribution is 7.91. The van der Waals surface area contributed by atoms with Gasteiger partial charge in [-0.25, -0.2) is 8.42 Å². The second kappa shape index (κ2) is 9.87. The summed E-state index contributed by atoms with van der Waals surface area (Å²) in [6.07, 6.45) is 0.390. The van der Waals surface area contributed by atoms with Gasteiger partial charge in [0.15, 0.2) is 16.4 Å². The van der Waals surface area contributed by atoms with Crippen molar-refractivity contribution in [3.05, 3.63) is 35.4 Å². The molecule has 0 saturated carbocycles. The van der Waals surface area contributed by atoms with E-state index in [0.717, 1.165) is 5.56 Å². The molecule has 1 heterocycles. The van der Waals surface area contributed by atoms with Crippen LogP contribution in [0.3, 0.4) is 0 Å². The molecule has 1 aliphatic rings. The van der Waals surface area contributed by atoms with Gasteiger partial charge in [-0.1, -0.05) is 31.5 Å². The fourth-order valence-electron chi connectivity index (χ4n) is 3.19. The molecule has 1 atom stereocenters. The molecule has 2 amide bonds. The average Bonchev–Trinajstić information content (AvgIpc) is 3.01. The zero-order valence-corrected chi connectivity index (χ0v) is 17.8. The van der Waals surface area contributed by atoms with Gasteiger partial charge in [-0.15, -0.1) is 0 Å². The van der Waals surface area contributed by atoms with Crippen LogP contribution < -0.4 is 5.32 Å². The maximum absolute atomic E-state index is 12.5. The number of nitrogens with zero attached hydrogens (tertiary/aromatic N) is 1. The molecule has 1 saturated heterocycles. The molecule has 1 N–H and O–H groups in total. The van der Waals surface area contributed by atoms with Gasteiger partial charge in [0.05, 0.1) is 11.5 Å². The summed E-state index contributed by atoms with van der Waals surface area (Å²) in [6.45, 7) is 5.26. The van der Waals surface area contributed by atoms with E-state index in [1.54, 1.807) is 18.2 Å². The Labute approximate surface area is 171 Å². The number of carbonyl (C=O) groups is 3. The minimum Gasteiger partial charge on any atom is -0.454 e. The van der Waals surface area contributed by atoms with Gasteiger partial charge >= 0.3 is 5.97 Å². The maximum atomic E-state index is 12.5. The summed E-state index contributed by atoms with van der Waals surface area (Å²) in [6, 6.07) is 6.54. The van der Waals surface area contributed by atoms with Crippen molar-refractivity contribution in [2.24, 2.45) is 5.92 Å². The van der Waals surface area contributed by atoms with Gasteiger partial charge in [-0.3, -0.25) is 14.4 Å². The Kier molecular flexibility index (Phi) is 7.78. The molecule has 9 heteroatoms. The topological polar surface area (TPSA) is 110 Å². The highest BCUT2D eigenvalue weighted by atomic mass is 32.2.